The highest BCUT2D eigenvalue weighted by atomic mass is 16.3. The molecule has 0 aliphatic rings. The molecule has 2 aromatic rings. The summed E-state index contributed by atoms with van der Waals surface area (Å²) in [6, 6.07) is 9.32. The molecule has 0 atom stereocenters. The third-order valence-corrected chi connectivity index (χ3v) is 3.51. The first kappa shape index (κ1) is 14.1. The molecule has 1 amide bonds. The van der Waals surface area contributed by atoms with E-state index in [0.29, 0.717) is 16.8 Å². The number of phenols is 1. The topological polar surface area (TPSA) is 49.3 Å². The largest absolute Gasteiger partial charge is 0.507 e. The number of rotatable bonds is 2. The average Bonchev–Trinajstić information content (AvgIpc) is 2.39. The summed E-state index contributed by atoms with van der Waals surface area (Å²) in [5.74, 6) is 0.0669. The molecule has 0 saturated carbocycles. The Morgan fingerprint density at radius 1 is 1.00 bits per heavy atom. The first-order valence-electron chi connectivity index (χ1n) is 6.58. The molecule has 0 aliphatic carbocycles. The molecule has 0 bridgehead atoms. The van der Waals surface area contributed by atoms with E-state index in [0.717, 1.165) is 16.7 Å². The van der Waals surface area contributed by atoms with E-state index in [1.807, 2.05) is 45.0 Å². The van der Waals surface area contributed by atoms with Gasteiger partial charge < -0.3 is 10.4 Å². The van der Waals surface area contributed by atoms with Crippen molar-refractivity contribution in [3.63, 3.8) is 0 Å². The third kappa shape index (κ3) is 2.67. The Labute approximate surface area is 119 Å². The summed E-state index contributed by atoms with van der Waals surface area (Å²) in [5, 5.41) is 12.8. The number of benzene rings is 2. The smallest absolute Gasteiger partial charge is 0.255 e. The van der Waals surface area contributed by atoms with E-state index >= 15 is 0 Å². The Hall–Kier alpha value is -2.29. The van der Waals surface area contributed by atoms with Crippen LogP contribution in [0.2, 0.25) is 0 Å². The van der Waals surface area contributed by atoms with E-state index in [1.165, 1.54) is 0 Å². The monoisotopic (exact) mass is 269 g/mol. The summed E-state index contributed by atoms with van der Waals surface area (Å²) in [6.45, 7) is 7.54. The van der Waals surface area contributed by atoms with Gasteiger partial charge in [0.2, 0.25) is 0 Å². The van der Waals surface area contributed by atoms with Crippen LogP contribution in [0, 0.1) is 27.7 Å². The van der Waals surface area contributed by atoms with Crippen LogP contribution in [-0.4, -0.2) is 11.0 Å². The average molecular weight is 269 g/mol. The molecule has 0 aromatic heterocycles. The van der Waals surface area contributed by atoms with Crippen LogP contribution < -0.4 is 5.32 Å². The van der Waals surface area contributed by atoms with Crippen LogP contribution in [0.1, 0.15) is 32.6 Å². The molecule has 0 spiro atoms. The van der Waals surface area contributed by atoms with Crippen molar-refractivity contribution < 1.29 is 9.90 Å². The fraction of sp³-hybridized carbons (Fsp3) is 0.235. The maximum Gasteiger partial charge on any atom is 0.255 e. The summed E-state index contributed by atoms with van der Waals surface area (Å²) in [7, 11) is 0. The van der Waals surface area contributed by atoms with Crippen LogP contribution in [-0.2, 0) is 0 Å². The number of hydrogen-bond donors (Lipinski definition) is 2. The predicted molar refractivity (Wildman–Crippen MR) is 81.5 cm³/mol. The lowest BCUT2D eigenvalue weighted by molar-refractivity contribution is 0.102. The van der Waals surface area contributed by atoms with Crippen LogP contribution in [0.25, 0.3) is 0 Å². The van der Waals surface area contributed by atoms with E-state index in [9.17, 15) is 9.90 Å². The number of hydrogen-bond acceptors (Lipinski definition) is 2. The number of anilines is 1. The van der Waals surface area contributed by atoms with E-state index in [-0.39, 0.29) is 11.7 Å². The van der Waals surface area contributed by atoms with Gasteiger partial charge >= 0.3 is 0 Å². The number of aromatic hydroxyl groups is 1. The van der Waals surface area contributed by atoms with E-state index in [1.54, 1.807) is 13.0 Å². The van der Waals surface area contributed by atoms with Crippen molar-refractivity contribution in [3.8, 4) is 5.75 Å². The number of nitrogens with one attached hydrogen (secondary N) is 1. The Morgan fingerprint density at radius 2 is 1.70 bits per heavy atom. The molecule has 2 aromatic carbocycles. The van der Waals surface area contributed by atoms with Gasteiger partial charge in [-0.3, -0.25) is 4.79 Å². The summed E-state index contributed by atoms with van der Waals surface area (Å²) >= 11 is 0. The maximum atomic E-state index is 12.3. The molecule has 2 N–H and O–H groups in total. The molecule has 0 aliphatic heterocycles. The molecule has 0 unspecified atom stereocenters. The second-order valence-corrected chi connectivity index (χ2v) is 5.18. The second kappa shape index (κ2) is 5.37. The van der Waals surface area contributed by atoms with E-state index < -0.39 is 0 Å². The van der Waals surface area contributed by atoms with E-state index in [2.05, 4.69) is 5.32 Å². The molecule has 0 saturated heterocycles. The first-order chi connectivity index (χ1) is 9.40. The first-order valence-corrected chi connectivity index (χ1v) is 6.58. The highest BCUT2D eigenvalue weighted by Gasteiger charge is 2.12. The van der Waals surface area contributed by atoms with Crippen molar-refractivity contribution in [2.24, 2.45) is 0 Å². The minimum absolute atomic E-state index is 0.158. The van der Waals surface area contributed by atoms with Gasteiger partial charge in [0.15, 0.2) is 0 Å². The van der Waals surface area contributed by atoms with Gasteiger partial charge in [-0.15, -0.1) is 0 Å². The molecule has 104 valence electrons. The summed E-state index contributed by atoms with van der Waals surface area (Å²) in [4.78, 5) is 12.3. The molecule has 2 rings (SSSR count). The van der Waals surface area contributed by atoms with Crippen LogP contribution in [0.15, 0.2) is 30.3 Å². The number of aryl methyl sites for hydroxylation is 3. The number of carbonyl (C=O) groups excluding carboxylic acids is 1. The van der Waals surface area contributed by atoms with Crippen molar-refractivity contribution in [1.29, 1.82) is 0 Å². The van der Waals surface area contributed by atoms with Gasteiger partial charge in [-0.25, -0.2) is 0 Å². The van der Waals surface area contributed by atoms with Crippen molar-refractivity contribution in [2.45, 2.75) is 27.7 Å². The molecular weight excluding hydrogens is 250 g/mol. The molecule has 0 heterocycles. The normalized spacial score (nSPS) is 10.4. The molecule has 3 heteroatoms. The molecule has 0 radical (unpaired) electrons. The van der Waals surface area contributed by atoms with Gasteiger partial charge in [0.1, 0.15) is 5.75 Å². The molecular formula is C17H19NO2. The van der Waals surface area contributed by atoms with Crippen molar-refractivity contribution >= 4 is 11.6 Å². The highest BCUT2D eigenvalue weighted by Crippen LogP contribution is 2.28. The van der Waals surface area contributed by atoms with Crippen LogP contribution in [0.5, 0.6) is 5.75 Å². The zero-order valence-electron chi connectivity index (χ0n) is 12.2. The standard InChI is InChI=1S/C17H19NO2/c1-10-5-7-14(12(3)9-10)17(20)18-15-8-6-11(2)16(19)13(15)4/h5-9,19H,1-4H3,(H,18,20). The van der Waals surface area contributed by atoms with Crippen LogP contribution in [0.3, 0.4) is 0 Å². The minimum Gasteiger partial charge on any atom is -0.507 e. The quantitative estimate of drug-likeness (QED) is 0.869. The Bertz CT molecular complexity index is 675. The van der Waals surface area contributed by atoms with Crippen LogP contribution >= 0.6 is 0 Å². The lowest BCUT2D eigenvalue weighted by atomic mass is 10.0. The Kier molecular flexibility index (Phi) is 3.79. The van der Waals surface area contributed by atoms with Gasteiger partial charge in [0.05, 0.1) is 0 Å². The van der Waals surface area contributed by atoms with Gasteiger partial charge in [-0.2, -0.15) is 0 Å². The maximum absolute atomic E-state index is 12.3. The zero-order chi connectivity index (χ0) is 14.9. The van der Waals surface area contributed by atoms with Gasteiger partial charge in [0.25, 0.3) is 5.91 Å². The predicted octanol–water partition coefficient (Wildman–Crippen LogP) is 3.88. The molecule has 0 fully saturated rings. The minimum atomic E-state index is -0.158. The Balaban J connectivity index is 2.30. The van der Waals surface area contributed by atoms with E-state index in [4.69, 9.17) is 0 Å². The number of amides is 1. The van der Waals surface area contributed by atoms with Crippen molar-refractivity contribution in [2.75, 3.05) is 5.32 Å². The van der Waals surface area contributed by atoms with Crippen molar-refractivity contribution in [1.82, 2.24) is 0 Å². The van der Waals surface area contributed by atoms with Crippen molar-refractivity contribution in [3.05, 3.63) is 58.1 Å². The molecule has 20 heavy (non-hydrogen) atoms. The third-order valence-electron chi connectivity index (χ3n) is 3.51. The summed E-state index contributed by atoms with van der Waals surface area (Å²) < 4.78 is 0. The summed E-state index contributed by atoms with van der Waals surface area (Å²) in [6.07, 6.45) is 0. The fourth-order valence-electron chi connectivity index (χ4n) is 2.23. The zero-order valence-corrected chi connectivity index (χ0v) is 12.2. The Morgan fingerprint density at radius 3 is 2.35 bits per heavy atom. The SMILES string of the molecule is Cc1ccc(C(=O)Nc2ccc(C)c(O)c2C)c(C)c1. The van der Waals surface area contributed by atoms with Gasteiger partial charge in [-0.05, 0) is 51.0 Å². The fourth-order valence-corrected chi connectivity index (χ4v) is 2.23. The second-order valence-electron chi connectivity index (χ2n) is 5.18. The highest BCUT2D eigenvalue weighted by molar-refractivity contribution is 6.05. The number of phenolic OH excluding ortho intramolecular Hbond substituents is 1. The van der Waals surface area contributed by atoms with Crippen LogP contribution in [0.4, 0.5) is 5.69 Å². The molecule has 3 nitrogen and oxygen atoms in total. The van der Waals surface area contributed by atoms with Gasteiger partial charge in [0, 0.05) is 16.8 Å². The summed E-state index contributed by atoms with van der Waals surface area (Å²) in [5.41, 5.74) is 4.84. The lowest BCUT2D eigenvalue weighted by Crippen LogP contribution is -2.14. The number of carbonyl (C=O) groups is 1. The van der Waals surface area contributed by atoms with Gasteiger partial charge in [-0.1, -0.05) is 23.8 Å². The lowest BCUT2D eigenvalue weighted by Gasteiger charge is -2.12.